The molecule has 0 saturated carbocycles. The van der Waals surface area contributed by atoms with Crippen molar-refractivity contribution in [3.05, 3.63) is 71.3 Å². The summed E-state index contributed by atoms with van der Waals surface area (Å²) in [6, 6.07) is 15.3. The molecule has 164 valence electrons. The Morgan fingerprint density at radius 3 is 2.53 bits per heavy atom. The second-order valence-corrected chi connectivity index (χ2v) is 8.56. The number of nitrogens with one attached hydrogen (secondary N) is 1. The van der Waals surface area contributed by atoms with Gasteiger partial charge in [-0.1, -0.05) is 30.0 Å². The van der Waals surface area contributed by atoms with Crippen LogP contribution < -0.4 is 10.1 Å². The number of fused-ring (bicyclic) bond motifs is 1. The first kappa shape index (κ1) is 21.8. The van der Waals surface area contributed by atoms with Crippen molar-refractivity contribution in [3.63, 3.8) is 0 Å². The first-order chi connectivity index (χ1) is 15.4. The van der Waals surface area contributed by atoms with Gasteiger partial charge in [-0.05, 0) is 56.7 Å². The molecule has 0 atom stereocenters. The molecule has 2 aromatic heterocycles. The average molecular weight is 448 g/mol. The number of para-hydroxylation sites is 1. The molecule has 1 amide bonds. The summed E-state index contributed by atoms with van der Waals surface area (Å²) in [7, 11) is 1.99. The van der Waals surface area contributed by atoms with Gasteiger partial charge >= 0.3 is 0 Å². The van der Waals surface area contributed by atoms with E-state index in [9.17, 15) is 4.79 Å². The second kappa shape index (κ2) is 9.40. The van der Waals surface area contributed by atoms with Gasteiger partial charge in [-0.25, -0.2) is 15.0 Å². The van der Waals surface area contributed by atoms with E-state index in [0.717, 1.165) is 39.0 Å². The normalized spacial score (nSPS) is 11.0. The third-order valence-electron chi connectivity index (χ3n) is 5.00. The van der Waals surface area contributed by atoms with Crippen LogP contribution in [-0.4, -0.2) is 32.0 Å². The van der Waals surface area contributed by atoms with Crippen molar-refractivity contribution >= 4 is 34.4 Å². The van der Waals surface area contributed by atoms with Crippen LogP contribution in [0, 0.1) is 20.8 Å². The number of hydrogen-bond donors (Lipinski definition) is 1. The SMILES string of the molecule is Cc1cc(C)nc(SCc2nc3cc(NC(=O)COc4ccccc4C)ccc3n2C)n1. The Hall–Kier alpha value is -3.39. The first-order valence-corrected chi connectivity index (χ1v) is 11.3. The molecule has 7 nitrogen and oxygen atoms in total. The Morgan fingerprint density at radius 1 is 1.03 bits per heavy atom. The number of ether oxygens (including phenoxy) is 1. The van der Waals surface area contributed by atoms with Crippen LogP contribution in [-0.2, 0) is 17.6 Å². The maximum absolute atomic E-state index is 12.3. The van der Waals surface area contributed by atoms with Crippen LogP contribution in [0.3, 0.4) is 0 Å². The molecule has 0 aliphatic heterocycles. The van der Waals surface area contributed by atoms with Crippen molar-refractivity contribution < 1.29 is 9.53 Å². The molecule has 0 radical (unpaired) electrons. The van der Waals surface area contributed by atoms with Gasteiger partial charge in [0.05, 0.1) is 16.8 Å². The van der Waals surface area contributed by atoms with E-state index >= 15 is 0 Å². The topological polar surface area (TPSA) is 81.9 Å². The van der Waals surface area contributed by atoms with Crippen LogP contribution in [0.1, 0.15) is 22.8 Å². The lowest BCUT2D eigenvalue weighted by Crippen LogP contribution is -2.20. The van der Waals surface area contributed by atoms with Crippen molar-refractivity contribution in [1.29, 1.82) is 0 Å². The van der Waals surface area contributed by atoms with Gasteiger partial charge in [-0.15, -0.1) is 0 Å². The Balaban J connectivity index is 1.42. The fourth-order valence-corrected chi connectivity index (χ4v) is 4.34. The zero-order chi connectivity index (χ0) is 22.7. The lowest BCUT2D eigenvalue weighted by atomic mass is 10.2. The van der Waals surface area contributed by atoms with Crippen LogP contribution >= 0.6 is 11.8 Å². The molecular weight excluding hydrogens is 422 g/mol. The summed E-state index contributed by atoms with van der Waals surface area (Å²) < 4.78 is 7.68. The number of nitrogens with zero attached hydrogens (tertiary/aromatic N) is 4. The predicted octanol–water partition coefficient (Wildman–Crippen LogP) is 4.60. The van der Waals surface area contributed by atoms with Gasteiger partial charge in [0.25, 0.3) is 5.91 Å². The second-order valence-electron chi connectivity index (χ2n) is 7.61. The Morgan fingerprint density at radius 2 is 1.78 bits per heavy atom. The molecule has 4 aromatic rings. The van der Waals surface area contributed by atoms with Crippen molar-refractivity contribution in [2.24, 2.45) is 7.05 Å². The van der Waals surface area contributed by atoms with Gasteiger partial charge in [-0.2, -0.15) is 0 Å². The van der Waals surface area contributed by atoms with Crippen LogP contribution in [0.4, 0.5) is 5.69 Å². The van der Waals surface area contributed by atoms with E-state index in [1.807, 2.05) is 76.3 Å². The highest BCUT2D eigenvalue weighted by Gasteiger charge is 2.12. The van der Waals surface area contributed by atoms with Gasteiger partial charge in [0.1, 0.15) is 11.6 Å². The number of benzene rings is 2. The van der Waals surface area contributed by atoms with E-state index in [0.29, 0.717) is 17.2 Å². The van der Waals surface area contributed by atoms with E-state index in [-0.39, 0.29) is 12.5 Å². The summed E-state index contributed by atoms with van der Waals surface area (Å²) in [4.78, 5) is 26.0. The van der Waals surface area contributed by atoms with E-state index < -0.39 is 0 Å². The van der Waals surface area contributed by atoms with Gasteiger partial charge in [-0.3, -0.25) is 4.79 Å². The summed E-state index contributed by atoms with van der Waals surface area (Å²) in [6.45, 7) is 5.83. The molecule has 32 heavy (non-hydrogen) atoms. The molecule has 1 N–H and O–H groups in total. The van der Waals surface area contributed by atoms with Crippen LogP contribution in [0.25, 0.3) is 11.0 Å². The number of aromatic nitrogens is 4. The molecule has 0 saturated heterocycles. The van der Waals surface area contributed by atoms with Gasteiger partial charge in [0.2, 0.25) is 0 Å². The zero-order valence-corrected chi connectivity index (χ0v) is 19.4. The molecule has 2 heterocycles. The predicted molar refractivity (Wildman–Crippen MR) is 127 cm³/mol. The fourth-order valence-electron chi connectivity index (χ4n) is 3.40. The minimum absolute atomic E-state index is 0.0527. The Bertz CT molecular complexity index is 1260. The molecule has 8 heteroatoms. The minimum atomic E-state index is -0.216. The number of carbonyl (C=O) groups excluding carboxylic acids is 1. The summed E-state index contributed by atoms with van der Waals surface area (Å²) >= 11 is 1.56. The molecule has 4 rings (SSSR count). The zero-order valence-electron chi connectivity index (χ0n) is 18.5. The number of anilines is 1. The summed E-state index contributed by atoms with van der Waals surface area (Å²) in [5.74, 6) is 2.06. The standard InChI is InChI=1S/C24H25N5O2S/c1-15-7-5-6-8-21(15)31-13-23(30)27-18-9-10-20-19(12-18)28-22(29(20)4)14-32-24-25-16(2)11-17(3)26-24/h5-12H,13-14H2,1-4H3,(H,27,30). The number of hydrogen-bond acceptors (Lipinski definition) is 6. The summed E-state index contributed by atoms with van der Waals surface area (Å²) in [5, 5.41) is 3.63. The quantitative estimate of drug-likeness (QED) is 0.329. The monoisotopic (exact) mass is 447 g/mol. The van der Waals surface area contributed by atoms with Crippen LogP contribution in [0.15, 0.2) is 53.7 Å². The van der Waals surface area contributed by atoms with Crippen molar-refractivity contribution in [1.82, 2.24) is 19.5 Å². The number of aryl methyl sites for hydroxylation is 4. The van der Waals surface area contributed by atoms with Crippen LogP contribution in [0.5, 0.6) is 5.75 Å². The van der Waals surface area contributed by atoms with Crippen LogP contribution in [0.2, 0.25) is 0 Å². The van der Waals surface area contributed by atoms with Crippen molar-refractivity contribution in [2.45, 2.75) is 31.7 Å². The molecule has 0 bridgehead atoms. The van der Waals surface area contributed by atoms with Gasteiger partial charge < -0.3 is 14.6 Å². The van der Waals surface area contributed by atoms with E-state index in [1.54, 1.807) is 11.8 Å². The third kappa shape index (κ3) is 5.08. The highest BCUT2D eigenvalue weighted by Crippen LogP contribution is 2.24. The van der Waals surface area contributed by atoms with E-state index in [4.69, 9.17) is 9.72 Å². The summed E-state index contributed by atoms with van der Waals surface area (Å²) in [5.41, 5.74) is 5.41. The van der Waals surface area contributed by atoms with E-state index in [2.05, 4.69) is 19.9 Å². The van der Waals surface area contributed by atoms with Gasteiger partial charge in [0, 0.05) is 24.1 Å². The molecule has 0 aliphatic carbocycles. The Kier molecular flexibility index (Phi) is 6.41. The maximum atomic E-state index is 12.3. The smallest absolute Gasteiger partial charge is 0.262 e. The lowest BCUT2D eigenvalue weighted by Gasteiger charge is -2.09. The molecule has 0 unspecified atom stereocenters. The van der Waals surface area contributed by atoms with E-state index in [1.165, 1.54) is 0 Å². The molecule has 0 aliphatic rings. The highest BCUT2D eigenvalue weighted by atomic mass is 32.2. The fraction of sp³-hybridized carbons (Fsp3) is 0.250. The minimum Gasteiger partial charge on any atom is -0.483 e. The number of thioether (sulfide) groups is 1. The van der Waals surface area contributed by atoms with Gasteiger partial charge in [0.15, 0.2) is 11.8 Å². The summed E-state index contributed by atoms with van der Waals surface area (Å²) in [6.07, 6.45) is 0. The Labute approximate surface area is 191 Å². The number of rotatable bonds is 7. The third-order valence-corrected chi connectivity index (χ3v) is 5.85. The van der Waals surface area contributed by atoms with Crippen molar-refractivity contribution in [3.8, 4) is 5.75 Å². The maximum Gasteiger partial charge on any atom is 0.262 e. The molecule has 0 spiro atoms. The molecule has 0 fully saturated rings. The molecular formula is C24H25N5O2S. The number of carbonyl (C=O) groups is 1. The lowest BCUT2D eigenvalue weighted by molar-refractivity contribution is -0.118. The highest BCUT2D eigenvalue weighted by molar-refractivity contribution is 7.98. The largest absolute Gasteiger partial charge is 0.483 e. The average Bonchev–Trinajstić information content (AvgIpc) is 3.06. The molecule has 2 aromatic carbocycles. The van der Waals surface area contributed by atoms with Crippen molar-refractivity contribution in [2.75, 3.05) is 11.9 Å². The number of imidazole rings is 1. The number of amides is 1. The first-order valence-electron chi connectivity index (χ1n) is 10.3.